The molecule has 1 aromatic heterocycles. The second-order valence-electron chi connectivity index (χ2n) is 6.13. The largest absolute Gasteiger partial charge is 0.328 e. The monoisotopic (exact) mass is 285 g/mol. The average Bonchev–Trinajstić information content (AvgIpc) is 3.06. The Morgan fingerprint density at radius 1 is 1.43 bits per heavy atom. The van der Waals surface area contributed by atoms with E-state index in [-0.39, 0.29) is 11.3 Å². The van der Waals surface area contributed by atoms with Crippen LogP contribution in [0.5, 0.6) is 0 Å². The van der Waals surface area contributed by atoms with E-state index < -0.39 is 0 Å². The molecule has 4 heteroatoms. The number of imidazole rings is 1. The number of hydrogen-bond acceptors (Lipinski definition) is 3. The van der Waals surface area contributed by atoms with Crippen molar-refractivity contribution in [3.05, 3.63) is 30.1 Å². The molecule has 1 saturated heterocycles. The number of fused-ring (bicyclic) bond motifs is 1. The lowest BCUT2D eigenvalue weighted by molar-refractivity contribution is -0.123. The summed E-state index contributed by atoms with van der Waals surface area (Å²) in [5.41, 5.74) is 1.75. The zero-order chi connectivity index (χ0) is 14.9. The van der Waals surface area contributed by atoms with Crippen molar-refractivity contribution in [1.29, 1.82) is 0 Å². The fourth-order valence-corrected chi connectivity index (χ4v) is 3.20. The van der Waals surface area contributed by atoms with Crippen LogP contribution in [0.2, 0.25) is 0 Å². The van der Waals surface area contributed by atoms with Crippen LogP contribution in [-0.2, 0) is 17.8 Å². The summed E-state index contributed by atoms with van der Waals surface area (Å²) >= 11 is 0. The molecule has 0 bridgehead atoms. The summed E-state index contributed by atoms with van der Waals surface area (Å²) in [7, 11) is 0. The molecule has 1 N–H and O–H groups in total. The molecule has 4 nitrogen and oxygen atoms in total. The van der Waals surface area contributed by atoms with E-state index in [1.807, 2.05) is 25.1 Å². The van der Waals surface area contributed by atoms with Crippen LogP contribution in [0.25, 0.3) is 11.0 Å². The average molecular weight is 285 g/mol. The fourth-order valence-electron chi connectivity index (χ4n) is 3.20. The van der Waals surface area contributed by atoms with Gasteiger partial charge in [-0.2, -0.15) is 0 Å². The van der Waals surface area contributed by atoms with Crippen molar-refractivity contribution in [2.45, 2.75) is 51.6 Å². The van der Waals surface area contributed by atoms with Crippen LogP contribution in [0.4, 0.5) is 0 Å². The van der Waals surface area contributed by atoms with E-state index in [9.17, 15) is 4.79 Å². The van der Waals surface area contributed by atoms with E-state index in [2.05, 4.69) is 27.9 Å². The lowest BCUT2D eigenvalue weighted by atomic mass is 9.92. The standard InChI is InChI=1S/C17H23N3O/c1-3-11-20-14-8-5-4-7-13(14)19-16(20)12-15(21)17(2)9-6-10-18-17/h4-5,7-8,18H,3,6,9-12H2,1-2H3. The molecule has 3 rings (SSSR count). The van der Waals surface area contributed by atoms with E-state index in [1.165, 1.54) is 0 Å². The molecule has 0 saturated carbocycles. The normalized spacial score (nSPS) is 22.0. The third-order valence-electron chi connectivity index (χ3n) is 4.48. The lowest BCUT2D eigenvalue weighted by Gasteiger charge is -2.22. The first-order chi connectivity index (χ1) is 10.1. The number of para-hydroxylation sites is 2. The second kappa shape index (κ2) is 5.60. The number of ketones is 1. The number of Topliss-reactive ketones (excluding diaryl/α,β-unsaturated/α-hetero) is 1. The highest BCUT2D eigenvalue weighted by Gasteiger charge is 2.36. The van der Waals surface area contributed by atoms with Crippen molar-refractivity contribution in [1.82, 2.24) is 14.9 Å². The van der Waals surface area contributed by atoms with Crippen LogP contribution in [0.3, 0.4) is 0 Å². The van der Waals surface area contributed by atoms with Gasteiger partial charge in [-0.3, -0.25) is 4.79 Å². The van der Waals surface area contributed by atoms with Crippen molar-refractivity contribution < 1.29 is 4.79 Å². The van der Waals surface area contributed by atoms with Gasteiger partial charge in [-0.05, 0) is 44.9 Å². The predicted molar refractivity (Wildman–Crippen MR) is 84.4 cm³/mol. The summed E-state index contributed by atoms with van der Waals surface area (Å²) in [4.78, 5) is 17.3. The van der Waals surface area contributed by atoms with E-state index in [0.29, 0.717) is 6.42 Å². The minimum atomic E-state index is -0.366. The van der Waals surface area contributed by atoms with E-state index >= 15 is 0 Å². The number of carbonyl (C=O) groups excluding carboxylic acids is 1. The number of aryl methyl sites for hydroxylation is 1. The third-order valence-corrected chi connectivity index (χ3v) is 4.48. The zero-order valence-corrected chi connectivity index (χ0v) is 12.9. The van der Waals surface area contributed by atoms with Gasteiger partial charge in [0, 0.05) is 6.54 Å². The first-order valence-electron chi connectivity index (χ1n) is 7.86. The van der Waals surface area contributed by atoms with Crippen molar-refractivity contribution in [3.8, 4) is 0 Å². The molecular weight excluding hydrogens is 262 g/mol. The molecule has 1 unspecified atom stereocenters. The van der Waals surface area contributed by atoms with Gasteiger partial charge in [0.15, 0.2) is 5.78 Å². The Morgan fingerprint density at radius 3 is 2.95 bits per heavy atom. The summed E-state index contributed by atoms with van der Waals surface area (Å²) in [6.07, 6.45) is 3.46. The molecule has 0 radical (unpaired) electrons. The first kappa shape index (κ1) is 14.3. The van der Waals surface area contributed by atoms with Crippen LogP contribution in [-0.4, -0.2) is 27.4 Å². The molecule has 1 fully saturated rings. The Morgan fingerprint density at radius 2 is 2.24 bits per heavy atom. The Labute approximate surface area is 125 Å². The molecule has 2 aromatic rings. The Kier molecular flexibility index (Phi) is 3.81. The number of aromatic nitrogens is 2. The van der Waals surface area contributed by atoms with E-state index in [0.717, 1.165) is 49.2 Å². The summed E-state index contributed by atoms with van der Waals surface area (Å²) < 4.78 is 2.20. The third kappa shape index (κ3) is 2.60. The van der Waals surface area contributed by atoms with Crippen LogP contribution >= 0.6 is 0 Å². The summed E-state index contributed by atoms with van der Waals surface area (Å²) in [6, 6.07) is 8.13. The van der Waals surface area contributed by atoms with Gasteiger partial charge in [-0.25, -0.2) is 4.98 Å². The molecule has 1 aliphatic heterocycles. The van der Waals surface area contributed by atoms with Crippen molar-refractivity contribution in [2.75, 3.05) is 6.54 Å². The molecule has 1 atom stereocenters. The summed E-state index contributed by atoms with van der Waals surface area (Å²) in [5.74, 6) is 1.16. The highest BCUT2D eigenvalue weighted by atomic mass is 16.1. The van der Waals surface area contributed by atoms with Gasteiger partial charge in [0.2, 0.25) is 0 Å². The number of hydrogen-bond donors (Lipinski definition) is 1. The number of benzene rings is 1. The van der Waals surface area contributed by atoms with E-state index in [4.69, 9.17) is 0 Å². The Bertz CT molecular complexity index is 653. The molecule has 21 heavy (non-hydrogen) atoms. The second-order valence-corrected chi connectivity index (χ2v) is 6.13. The molecule has 0 amide bonds. The van der Waals surface area contributed by atoms with Gasteiger partial charge >= 0.3 is 0 Å². The minimum Gasteiger partial charge on any atom is -0.328 e. The number of nitrogens with zero attached hydrogens (tertiary/aromatic N) is 2. The van der Waals surface area contributed by atoms with Gasteiger partial charge in [-0.15, -0.1) is 0 Å². The summed E-state index contributed by atoms with van der Waals surface area (Å²) in [6.45, 7) is 6.02. The summed E-state index contributed by atoms with van der Waals surface area (Å²) in [5, 5.41) is 3.35. The minimum absolute atomic E-state index is 0.257. The molecular formula is C17H23N3O. The smallest absolute Gasteiger partial charge is 0.160 e. The maximum Gasteiger partial charge on any atom is 0.160 e. The van der Waals surface area contributed by atoms with Gasteiger partial charge in [0.05, 0.1) is 23.0 Å². The highest BCUT2D eigenvalue weighted by molar-refractivity contribution is 5.90. The van der Waals surface area contributed by atoms with Gasteiger partial charge < -0.3 is 9.88 Å². The van der Waals surface area contributed by atoms with Crippen molar-refractivity contribution in [2.24, 2.45) is 0 Å². The van der Waals surface area contributed by atoms with Crippen LogP contribution in [0, 0.1) is 0 Å². The Balaban J connectivity index is 1.92. The molecule has 1 aliphatic rings. The maximum atomic E-state index is 12.7. The quantitative estimate of drug-likeness (QED) is 0.919. The predicted octanol–water partition coefficient (Wildman–Crippen LogP) is 2.70. The molecule has 112 valence electrons. The van der Waals surface area contributed by atoms with Gasteiger partial charge in [-0.1, -0.05) is 19.1 Å². The number of nitrogens with one attached hydrogen (secondary N) is 1. The molecule has 1 aromatic carbocycles. The SMILES string of the molecule is CCCn1c(CC(=O)C2(C)CCCN2)nc2ccccc21. The van der Waals surface area contributed by atoms with Crippen LogP contribution in [0.1, 0.15) is 38.9 Å². The molecule has 0 aliphatic carbocycles. The number of carbonyl (C=O) groups is 1. The van der Waals surface area contributed by atoms with Crippen LogP contribution < -0.4 is 5.32 Å². The lowest BCUT2D eigenvalue weighted by Crippen LogP contribution is -2.45. The molecule has 0 spiro atoms. The number of rotatable bonds is 5. The van der Waals surface area contributed by atoms with Crippen molar-refractivity contribution in [3.63, 3.8) is 0 Å². The topological polar surface area (TPSA) is 46.9 Å². The molecule has 2 heterocycles. The first-order valence-corrected chi connectivity index (χ1v) is 7.86. The van der Waals surface area contributed by atoms with E-state index in [1.54, 1.807) is 0 Å². The highest BCUT2D eigenvalue weighted by Crippen LogP contribution is 2.23. The van der Waals surface area contributed by atoms with Gasteiger partial charge in [0.1, 0.15) is 5.82 Å². The zero-order valence-electron chi connectivity index (χ0n) is 12.9. The van der Waals surface area contributed by atoms with Gasteiger partial charge in [0.25, 0.3) is 0 Å². The maximum absolute atomic E-state index is 12.7. The van der Waals surface area contributed by atoms with Crippen molar-refractivity contribution >= 4 is 16.8 Å². The van der Waals surface area contributed by atoms with Crippen LogP contribution in [0.15, 0.2) is 24.3 Å². The fraction of sp³-hybridized carbons (Fsp3) is 0.529. The Hall–Kier alpha value is -1.68.